The molecule has 96 valence electrons. The Morgan fingerprint density at radius 2 is 2.05 bits per heavy atom. The second kappa shape index (κ2) is 4.85. The lowest BCUT2D eigenvalue weighted by atomic mass is 10.0. The molecule has 5 heteroatoms. The molecule has 4 nitrogen and oxygen atoms in total. The average Bonchev–Trinajstić information content (AvgIpc) is 3.05. The first-order chi connectivity index (χ1) is 9.31. The Kier molecular flexibility index (Phi) is 3.05. The molecule has 19 heavy (non-hydrogen) atoms. The van der Waals surface area contributed by atoms with Crippen LogP contribution in [0.1, 0.15) is 12.5 Å². The molecule has 3 heterocycles. The van der Waals surface area contributed by atoms with Crippen LogP contribution in [0, 0.1) is 0 Å². The molecule has 0 unspecified atom stereocenters. The third-order valence-electron chi connectivity index (χ3n) is 3.03. The molecule has 0 aliphatic heterocycles. The second-order valence-corrected chi connectivity index (χ2v) is 5.05. The molecule has 0 bridgehead atoms. The van der Waals surface area contributed by atoms with Crippen LogP contribution in [0.5, 0.6) is 0 Å². The van der Waals surface area contributed by atoms with Crippen molar-refractivity contribution in [3.05, 3.63) is 41.5 Å². The number of nitrogens with zero attached hydrogens (tertiary/aromatic N) is 2. The van der Waals surface area contributed by atoms with Crippen LogP contribution >= 0.6 is 11.3 Å². The summed E-state index contributed by atoms with van der Waals surface area (Å²) in [5.74, 6) is 0.344. The molecular formula is C14H13N3OS. The van der Waals surface area contributed by atoms with Gasteiger partial charge in [-0.2, -0.15) is 0 Å². The van der Waals surface area contributed by atoms with E-state index in [2.05, 4.69) is 28.5 Å². The Bertz CT molecular complexity index is 688. The Hall–Kier alpha value is -2.14. The van der Waals surface area contributed by atoms with Crippen molar-refractivity contribution >= 4 is 17.2 Å². The normalized spacial score (nSPS) is 10.8. The third-order valence-corrected chi connectivity index (χ3v) is 3.99. The van der Waals surface area contributed by atoms with Crippen molar-refractivity contribution < 1.29 is 4.52 Å². The van der Waals surface area contributed by atoms with Crippen LogP contribution < -0.4 is 5.73 Å². The van der Waals surface area contributed by atoms with E-state index in [0.717, 1.165) is 28.1 Å². The summed E-state index contributed by atoms with van der Waals surface area (Å²) in [4.78, 5) is 5.14. The van der Waals surface area contributed by atoms with Crippen molar-refractivity contribution in [2.24, 2.45) is 0 Å². The fraction of sp³-hybridized carbons (Fsp3) is 0.143. The van der Waals surface area contributed by atoms with Gasteiger partial charge in [-0.05, 0) is 41.1 Å². The van der Waals surface area contributed by atoms with Gasteiger partial charge in [0.2, 0.25) is 5.88 Å². The summed E-state index contributed by atoms with van der Waals surface area (Å²) >= 11 is 1.66. The maximum absolute atomic E-state index is 5.93. The minimum Gasteiger partial charge on any atom is -0.367 e. The molecule has 0 amide bonds. The number of rotatable bonds is 3. The van der Waals surface area contributed by atoms with Crippen molar-refractivity contribution in [3.8, 4) is 21.7 Å². The molecule has 0 atom stereocenters. The van der Waals surface area contributed by atoms with Gasteiger partial charge in [-0.3, -0.25) is 4.98 Å². The van der Waals surface area contributed by atoms with E-state index in [0.29, 0.717) is 5.88 Å². The van der Waals surface area contributed by atoms with Crippen molar-refractivity contribution in [3.63, 3.8) is 0 Å². The molecule has 0 fully saturated rings. The molecule has 0 aliphatic carbocycles. The number of nitrogen functional groups attached to an aromatic ring is 1. The first-order valence-electron chi connectivity index (χ1n) is 6.03. The SMILES string of the molecule is CCc1ccsc1-c1noc(N)c1-c1ccncc1. The topological polar surface area (TPSA) is 64.9 Å². The number of hydrogen-bond acceptors (Lipinski definition) is 5. The number of anilines is 1. The van der Waals surface area contributed by atoms with Gasteiger partial charge in [0.1, 0.15) is 5.69 Å². The highest BCUT2D eigenvalue weighted by Crippen LogP contribution is 2.39. The molecule has 0 saturated carbocycles. The fourth-order valence-electron chi connectivity index (χ4n) is 2.08. The summed E-state index contributed by atoms with van der Waals surface area (Å²) in [7, 11) is 0. The molecule has 0 saturated heterocycles. The molecule has 2 N–H and O–H groups in total. The molecule has 3 aromatic rings. The lowest BCUT2D eigenvalue weighted by Crippen LogP contribution is -1.88. The Labute approximate surface area is 114 Å². The molecule has 0 aliphatic rings. The number of hydrogen-bond donors (Lipinski definition) is 1. The number of pyridine rings is 1. The standard InChI is InChI=1S/C14H13N3OS/c1-2-9-5-8-19-13(9)12-11(14(15)18-17-12)10-3-6-16-7-4-10/h3-8H,2,15H2,1H3. The summed E-state index contributed by atoms with van der Waals surface area (Å²) in [6, 6.07) is 5.93. The highest BCUT2D eigenvalue weighted by Gasteiger charge is 2.20. The lowest BCUT2D eigenvalue weighted by molar-refractivity contribution is 0.439. The van der Waals surface area contributed by atoms with Gasteiger partial charge >= 0.3 is 0 Å². The van der Waals surface area contributed by atoms with Gasteiger partial charge in [0.15, 0.2) is 0 Å². The predicted octanol–water partition coefficient (Wildman–Crippen LogP) is 3.61. The van der Waals surface area contributed by atoms with Crippen molar-refractivity contribution in [1.29, 1.82) is 0 Å². The summed E-state index contributed by atoms with van der Waals surface area (Å²) in [5, 5.41) is 6.20. The van der Waals surface area contributed by atoms with Gasteiger partial charge in [-0.15, -0.1) is 11.3 Å². The zero-order valence-corrected chi connectivity index (χ0v) is 11.3. The maximum atomic E-state index is 5.93. The van der Waals surface area contributed by atoms with Crippen molar-refractivity contribution in [1.82, 2.24) is 10.1 Å². The fourth-order valence-corrected chi connectivity index (χ4v) is 3.06. The number of nitrogens with two attached hydrogens (primary N) is 1. The third kappa shape index (κ3) is 2.02. The lowest BCUT2D eigenvalue weighted by Gasteiger charge is -2.02. The van der Waals surface area contributed by atoms with Gasteiger partial charge in [0.25, 0.3) is 0 Å². The van der Waals surface area contributed by atoms with Crippen LogP contribution in [0.3, 0.4) is 0 Å². The van der Waals surface area contributed by atoms with Crippen LogP contribution in [0.2, 0.25) is 0 Å². The zero-order chi connectivity index (χ0) is 13.2. The molecule has 0 radical (unpaired) electrons. The van der Waals surface area contributed by atoms with Crippen molar-refractivity contribution in [2.75, 3.05) is 5.73 Å². The molecule has 0 spiro atoms. The number of aryl methyl sites for hydroxylation is 1. The van der Waals surface area contributed by atoms with Crippen LogP contribution in [0.15, 0.2) is 40.5 Å². The van der Waals surface area contributed by atoms with Gasteiger partial charge in [-0.1, -0.05) is 12.1 Å². The highest BCUT2D eigenvalue weighted by atomic mass is 32.1. The molecule has 3 rings (SSSR count). The second-order valence-electron chi connectivity index (χ2n) is 4.13. The minimum atomic E-state index is 0.344. The quantitative estimate of drug-likeness (QED) is 0.790. The first-order valence-corrected chi connectivity index (χ1v) is 6.91. The summed E-state index contributed by atoms with van der Waals surface area (Å²) in [6.07, 6.45) is 4.43. The van der Waals surface area contributed by atoms with Crippen LogP contribution in [-0.2, 0) is 6.42 Å². The monoisotopic (exact) mass is 271 g/mol. The number of thiophene rings is 1. The van der Waals surface area contributed by atoms with Crippen LogP contribution in [0.25, 0.3) is 21.7 Å². The average molecular weight is 271 g/mol. The van der Waals surface area contributed by atoms with Crippen molar-refractivity contribution in [2.45, 2.75) is 13.3 Å². The van der Waals surface area contributed by atoms with Crippen LogP contribution in [-0.4, -0.2) is 10.1 Å². The van der Waals surface area contributed by atoms with E-state index in [1.54, 1.807) is 23.7 Å². The predicted molar refractivity (Wildman–Crippen MR) is 76.8 cm³/mol. The van der Waals surface area contributed by atoms with E-state index in [9.17, 15) is 0 Å². The maximum Gasteiger partial charge on any atom is 0.230 e. The van der Waals surface area contributed by atoms with Gasteiger partial charge < -0.3 is 10.3 Å². The van der Waals surface area contributed by atoms with E-state index in [1.165, 1.54) is 5.56 Å². The van der Waals surface area contributed by atoms with Gasteiger partial charge in [0, 0.05) is 12.4 Å². The molecule has 0 aromatic carbocycles. The smallest absolute Gasteiger partial charge is 0.230 e. The van der Waals surface area contributed by atoms with Crippen LogP contribution in [0.4, 0.5) is 5.88 Å². The largest absolute Gasteiger partial charge is 0.367 e. The summed E-state index contributed by atoms with van der Waals surface area (Å²) in [6.45, 7) is 2.13. The summed E-state index contributed by atoms with van der Waals surface area (Å²) < 4.78 is 5.19. The highest BCUT2D eigenvalue weighted by molar-refractivity contribution is 7.13. The van der Waals surface area contributed by atoms with E-state index in [4.69, 9.17) is 10.3 Å². The molecule has 3 aromatic heterocycles. The van der Waals surface area contributed by atoms with E-state index < -0.39 is 0 Å². The minimum absolute atomic E-state index is 0.344. The van der Waals surface area contributed by atoms with Gasteiger partial charge in [0.05, 0.1) is 10.4 Å². The zero-order valence-electron chi connectivity index (χ0n) is 10.5. The van der Waals surface area contributed by atoms with E-state index in [-0.39, 0.29) is 0 Å². The number of aromatic nitrogens is 2. The molecular weight excluding hydrogens is 258 g/mol. The van der Waals surface area contributed by atoms with Gasteiger partial charge in [-0.25, -0.2) is 0 Å². The Balaban J connectivity index is 2.20. The first kappa shape index (κ1) is 11.9. The summed E-state index contributed by atoms with van der Waals surface area (Å²) in [5.41, 5.74) is 9.82. The Morgan fingerprint density at radius 1 is 1.26 bits per heavy atom. The van der Waals surface area contributed by atoms with E-state index >= 15 is 0 Å². The van der Waals surface area contributed by atoms with E-state index in [1.807, 2.05) is 12.1 Å². The Morgan fingerprint density at radius 3 is 2.79 bits per heavy atom.